The van der Waals surface area contributed by atoms with E-state index in [0.29, 0.717) is 24.7 Å². The lowest BCUT2D eigenvalue weighted by molar-refractivity contribution is -0.146. The van der Waals surface area contributed by atoms with Gasteiger partial charge in [-0.15, -0.1) is 0 Å². The second-order valence-electron chi connectivity index (χ2n) is 6.54. The first-order valence-electron chi connectivity index (χ1n) is 8.93. The molecule has 0 aliphatic carbocycles. The van der Waals surface area contributed by atoms with Crippen molar-refractivity contribution in [1.29, 1.82) is 0 Å². The average molecular weight is 361 g/mol. The molecule has 0 radical (unpaired) electrons. The second-order valence-corrected chi connectivity index (χ2v) is 6.54. The number of rotatable bonds is 7. The number of esters is 1. The molecule has 0 bridgehead atoms. The maximum absolute atomic E-state index is 12.4. The molecule has 26 heavy (non-hydrogen) atoms. The molecule has 142 valence electrons. The van der Waals surface area contributed by atoms with Crippen LogP contribution in [0.25, 0.3) is 0 Å². The van der Waals surface area contributed by atoms with Crippen molar-refractivity contribution in [3.8, 4) is 0 Å². The molecule has 2 atom stereocenters. The summed E-state index contributed by atoms with van der Waals surface area (Å²) in [5.74, 6) is -0.470. The largest absolute Gasteiger partial charge is 0.469 e. The van der Waals surface area contributed by atoms with Crippen molar-refractivity contribution < 1.29 is 19.1 Å². The van der Waals surface area contributed by atoms with E-state index in [1.54, 1.807) is 4.90 Å². The number of benzene rings is 1. The highest BCUT2D eigenvalue weighted by atomic mass is 16.5. The molecule has 1 fully saturated rings. The number of ether oxygens (including phenoxy) is 1. The minimum atomic E-state index is -0.685. The molecule has 2 rings (SSSR count). The lowest BCUT2D eigenvalue weighted by atomic mass is 9.99. The van der Waals surface area contributed by atoms with Crippen molar-refractivity contribution in [3.05, 3.63) is 29.8 Å². The fourth-order valence-corrected chi connectivity index (χ4v) is 2.93. The van der Waals surface area contributed by atoms with Crippen LogP contribution in [0, 0.1) is 0 Å². The Bertz CT molecular complexity index is 645. The quantitative estimate of drug-likeness (QED) is 0.719. The zero-order valence-electron chi connectivity index (χ0n) is 15.6. The summed E-state index contributed by atoms with van der Waals surface area (Å²) in [7, 11) is 1.28. The predicted molar refractivity (Wildman–Crippen MR) is 98.8 cm³/mol. The van der Waals surface area contributed by atoms with Crippen LogP contribution in [-0.4, -0.2) is 55.5 Å². The van der Waals surface area contributed by atoms with Crippen LogP contribution in [0.15, 0.2) is 24.3 Å². The summed E-state index contributed by atoms with van der Waals surface area (Å²) in [6.07, 6.45) is 0.990. The number of piperazine rings is 1. The van der Waals surface area contributed by atoms with E-state index >= 15 is 0 Å². The van der Waals surface area contributed by atoms with Gasteiger partial charge in [-0.1, -0.05) is 26.0 Å². The Hall–Kier alpha value is -2.41. The van der Waals surface area contributed by atoms with Gasteiger partial charge in [0.25, 0.3) is 0 Å². The average Bonchev–Trinajstić information content (AvgIpc) is 2.64. The van der Waals surface area contributed by atoms with Crippen LogP contribution in [0.4, 0.5) is 5.69 Å². The maximum Gasteiger partial charge on any atom is 0.307 e. The van der Waals surface area contributed by atoms with Gasteiger partial charge in [0.05, 0.1) is 20.1 Å². The summed E-state index contributed by atoms with van der Waals surface area (Å²) < 4.78 is 4.64. The molecular formula is C19H27N3O4. The van der Waals surface area contributed by atoms with E-state index in [9.17, 15) is 14.4 Å². The van der Waals surface area contributed by atoms with Crippen LogP contribution in [-0.2, 0) is 19.1 Å². The molecule has 1 aromatic carbocycles. The lowest BCUT2D eigenvalue weighted by Crippen LogP contribution is -2.57. The van der Waals surface area contributed by atoms with E-state index in [1.807, 2.05) is 24.3 Å². The standard InChI is InChI=1S/C19H27N3O4/c1-4-13(2)14-5-7-15(8-6-14)21-17(23)12-22-10-9-20-19(25)16(22)11-18(24)26-3/h5-8,13,16H,4,9-12H2,1-3H3,(H,20,25)(H,21,23)/t13-,16+/m1/s1. The number of nitrogens with zero attached hydrogens (tertiary/aromatic N) is 1. The number of carbonyl (C=O) groups excluding carboxylic acids is 3. The molecule has 1 heterocycles. The Morgan fingerprint density at radius 1 is 1.35 bits per heavy atom. The number of carbonyl (C=O) groups is 3. The van der Waals surface area contributed by atoms with Crippen LogP contribution < -0.4 is 10.6 Å². The Balaban J connectivity index is 1.96. The molecular weight excluding hydrogens is 334 g/mol. The summed E-state index contributed by atoms with van der Waals surface area (Å²) in [4.78, 5) is 37.6. The van der Waals surface area contributed by atoms with Crippen molar-refractivity contribution in [1.82, 2.24) is 10.2 Å². The Morgan fingerprint density at radius 3 is 2.65 bits per heavy atom. The number of hydrogen-bond acceptors (Lipinski definition) is 5. The van der Waals surface area contributed by atoms with Crippen LogP contribution in [0.5, 0.6) is 0 Å². The third-order valence-electron chi connectivity index (χ3n) is 4.75. The summed E-state index contributed by atoms with van der Waals surface area (Å²) in [5.41, 5.74) is 1.95. The molecule has 0 spiro atoms. The van der Waals surface area contributed by atoms with Crippen LogP contribution in [0.2, 0.25) is 0 Å². The fraction of sp³-hybridized carbons (Fsp3) is 0.526. The highest BCUT2D eigenvalue weighted by molar-refractivity contribution is 5.93. The predicted octanol–water partition coefficient (Wildman–Crippen LogP) is 1.50. The third-order valence-corrected chi connectivity index (χ3v) is 4.75. The van der Waals surface area contributed by atoms with Gasteiger partial charge in [0.15, 0.2) is 0 Å². The Morgan fingerprint density at radius 2 is 2.04 bits per heavy atom. The first-order valence-corrected chi connectivity index (χ1v) is 8.93. The lowest BCUT2D eigenvalue weighted by Gasteiger charge is -2.33. The smallest absolute Gasteiger partial charge is 0.307 e. The van der Waals surface area contributed by atoms with Crippen molar-refractivity contribution in [2.45, 2.75) is 38.6 Å². The number of amides is 2. The van der Waals surface area contributed by atoms with Crippen molar-refractivity contribution in [2.75, 3.05) is 32.1 Å². The van der Waals surface area contributed by atoms with E-state index in [2.05, 4.69) is 29.2 Å². The first-order chi connectivity index (χ1) is 12.4. The number of hydrogen-bond donors (Lipinski definition) is 2. The van der Waals surface area contributed by atoms with Crippen LogP contribution >= 0.6 is 0 Å². The van der Waals surface area contributed by atoms with Crippen molar-refractivity contribution in [2.24, 2.45) is 0 Å². The molecule has 0 saturated carbocycles. The van der Waals surface area contributed by atoms with Crippen molar-refractivity contribution in [3.63, 3.8) is 0 Å². The molecule has 0 unspecified atom stereocenters. The summed E-state index contributed by atoms with van der Waals surface area (Å²) in [6.45, 7) is 5.31. The maximum atomic E-state index is 12.4. The molecule has 2 N–H and O–H groups in total. The van der Waals surface area contributed by atoms with E-state index in [4.69, 9.17) is 0 Å². The van der Waals surface area contributed by atoms with E-state index < -0.39 is 12.0 Å². The third kappa shape index (κ3) is 5.29. The van der Waals surface area contributed by atoms with E-state index in [-0.39, 0.29) is 24.8 Å². The second kappa shape index (κ2) is 9.33. The molecule has 7 heteroatoms. The van der Waals surface area contributed by atoms with Gasteiger partial charge in [-0.3, -0.25) is 19.3 Å². The van der Waals surface area contributed by atoms with Gasteiger partial charge in [0.1, 0.15) is 6.04 Å². The van der Waals surface area contributed by atoms with Crippen LogP contribution in [0.1, 0.15) is 38.2 Å². The Labute approximate surface area is 154 Å². The number of nitrogens with one attached hydrogen (secondary N) is 2. The Kier molecular flexibility index (Phi) is 7.15. The molecule has 1 aromatic rings. The molecule has 1 saturated heterocycles. The zero-order valence-corrected chi connectivity index (χ0v) is 15.6. The van der Waals surface area contributed by atoms with Gasteiger partial charge in [-0.25, -0.2) is 0 Å². The SMILES string of the molecule is CC[C@@H](C)c1ccc(NC(=O)CN2CCNC(=O)[C@@H]2CC(=O)OC)cc1. The first kappa shape index (κ1) is 19.9. The normalized spacial score (nSPS) is 18.7. The van der Waals surface area contributed by atoms with Gasteiger partial charge in [-0.2, -0.15) is 0 Å². The van der Waals surface area contributed by atoms with Gasteiger partial charge >= 0.3 is 5.97 Å². The highest BCUT2D eigenvalue weighted by Gasteiger charge is 2.33. The molecule has 1 aliphatic rings. The highest BCUT2D eigenvalue weighted by Crippen LogP contribution is 2.20. The molecule has 2 amide bonds. The monoisotopic (exact) mass is 361 g/mol. The van der Waals surface area contributed by atoms with E-state index in [1.165, 1.54) is 12.7 Å². The number of methoxy groups -OCH3 is 1. The molecule has 0 aromatic heterocycles. The summed E-state index contributed by atoms with van der Waals surface area (Å²) in [5, 5.41) is 5.56. The molecule has 7 nitrogen and oxygen atoms in total. The summed E-state index contributed by atoms with van der Waals surface area (Å²) in [6, 6.07) is 7.11. The zero-order chi connectivity index (χ0) is 19.1. The fourth-order valence-electron chi connectivity index (χ4n) is 2.93. The molecule has 1 aliphatic heterocycles. The van der Waals surface area contributed by atoms with E-state index in [0.717, 1.165) is 6.42 Å². The van der Waals surface area contributed by atoms with Crippen molar-refractivity contribution >= 4 is 23.5 Å². The number of anilines is 1. The minimum Gasteiger partial charge on any atom is -0.469 e. The van der Waals surface area contributed by atoms with Gasteiger partial charge < -0.3 is 15.4 Å². The van der Waals surface area contributed by atoms with Gasteiger partial charge in [-0.05, 0) is 30.0 Å². The summed E-state index contributed by atoms with van der Waals surface area (Å²) >= 11 is 0. The van der Waals surface area contributed by atoms with Crippen LogP contribution in [0.3, 0.4) is 0 Å². The minimum absolute atomic E-state index is 0.0438. The van der Waals surface area contributed by atoms with Gasteiger partial charge in [0, 0.05) is 18.8 Å². The van der Waals surface area contributed by atoms with Gasteiger partial charge in [0.2, 0.25) is 11.8 Å². The topological polar surface area (TPSA) is 87.7 Å².